The lowest BCUT2D eigenvalue weighted by Crippen LogP contribution is -2.38. The molecule has 0 spiro atoms. The molecule has 1 aliphatic rings. The molecule has 4 rings (SSSR count). The highest BCUT2D eigenvalue weighted by Gasteiger charge is 2.27. The van der Waals surface area contributed by atoms with Crippen LogP contribution >= 0.6 is 0 Å². The molecule has 0 saturated carbocycles. The number of rotatable bonds is 6. The third-order valence-corrected chi connectivity index (χ3v) is 4.49. The van der Waals surface area contributed by atoms with Gasteiger partial charge in [0, 0.05) is 37.0 Å². The molecule has 0 unspecified atom stereocenters. The van der Waals surface area contributed by atoms with Gasteiger partial charge in [0.15, 0.2) is 12.4 Å². The van der Waals surface area contributed by atoms with Crippen LogP contribution in [0.4, 0.5) is 11.5 Å². The van der Waals surface area contributed by atoms with Gasteiger partial charge in [-0.2, -0.15) is 0 Å². The first-order valence-electron chi connectivity index (χ1n) is 8.93. The number of nitrogens with zero attached hydrogens (tertiary/aromatic N) is 3. The summed E-state index contributed by atoms with van der Waals surface area (Å²) in [5, 5.41) is 7.37. The van der Waals surface area contributed by atoms with Gasteiger partial charge in [0.1, 0.15) is 11.5 Å². The number of methoxy groups -OCH3 is 1. The molecule has 0 atom stereocenters. The van der Waals surface area contributed by atoms with Crippen molar-refractivity contribution in [3.63, 3.8) is 0 Å². The fraction of sp³-hybridized carbons (Fsp3) is 0.250. The largest absolute Gasteiger partial charge is 0.497 e. The minimum Gasteiger partial charge on any atom is -0.497 e. The maximum Gasteiger partial charge on any atom is 0.260 e. The molecular formula is C20H20N4O4. The van der Waals surface area contributed by atoms with E-state index < -0.39 is 0 Å². The first-order chi connectivity index (χ1) is 13.7. The number of amides is 1. The normalized spacial score (nSPS) is 13.0. The van der Waals surface area contributed by atoms with Gasteiger partial charge in [0.2, 0.25) is 5.88 Å². The fourth-order valence-electron chi connectivity index (χ4n) is 3.02. The second-order valence-corrected chi connectivity index (χ2v) is 6.31. The summed E-state index contributed by atoms with van der Waals surface area (Å²) in [6.07, 6.45) is 2.23. The standard InChI is InChI=1S/C20H20N4O4/c1-26-15-6-4-5-14(11-15)22-20-16-12-24(10-8-17(16)28-23-20)19(25)13-27-18-7-2-3-9-21-18/h2-7,9,11H,8,10,12-13H2,1H3,(H,22,23). The van der Waals surface area contributed by atoms with Gasteiger partial charge < -0.3 is 24.2 Å². The number of nitrogens with one attached hydrogen (secondary N) is 1. The van der Waals surface area contributed by atoms with Gasteiger partial charge in [-0.15, -0.1) is 0 Å². The molecule has 1 aromatic carbocycles. The van der Waals surface area contributed by atoms with E-state index in [-0.39, 0.29) is 12.5 Å². The maximum atomic E-state index is 12.5. The zero-order valence-corrected chi connectivity index (χ0v) is 15.4. The molecule has 1 amide bonds. The van der Waals surface area contributed by atoms with Crippen molar-refractivity contribution in [1.29, 1.82) is 0 Å². The highest BCUT2D eigenvalue weighted by molar-refractivity contribution is 5.78. The van der Waals surface area contributed by atoms with Crippen LogP contribution in [0.15, 0.2) is 53.2 Å². The Labute approximate surface area is 162 Å². The van der Waals surface area contributed by atoms with Crippen LogP contribution in [0.3, 0.4) is 0 Å². The average Bonchev–Trinajstić information content (AvgIpc) is 3.15. The summed E-state index contributed by atoms with van der Waals surface area (Å²) >= 11 is 0. The van der Waals surface area contributed by atoms with Crippen molar-refractivity contribution in [3.8, 4) is 11.6 Å². The molecule has 8 heteroatoms. The highest BCUT2D eigenvalue weighted by Crippen LogP contribution is 2.29. The first kappa shape index (κ1) is 17.8. The summed E-state index contributed by atoms with van der Waals surface area (Å²) < 4.78 is 16.2. The van der Waals surface area contributed by atoms with Gasteiger partial charge in [-0.05, 0) is 18.2 Å². The Kier molecular flexibility index (Phi) is 5.09. The van der Waals surface area contributed by atoms with Gasteiger partial charge in [-0.25, -0.2) is 4.98 Å². The number of carbonyl (C=O) groups excluding carboxylic acids is 1. The molecule has 144 valence electrons. The van der Waals surface area contributed by atoms with Crippen molar-refractivity contribution in [3.05, 3.63) is 60.0 Å². The third kappa shape index (κ3) is 3.90. The SMILES string of the molecule is COc1cccc(Nc2noc3c2CN(C(=O)COc2ccccn2)CC3)c1. The van der Waals surface area contributed by atoms with Gasteiger partial charge in [0.25, 0.3) is 5.91 Å². The second kappa shape index (κ2) is 7.99. The van der Waals surface area contributed by atoms with E-state index in [0.29, 0.717) is 31.2 Å². The predicted molar refractivity (Wildman–Crippen MR) is 102 cm³/mol. The first-order valence-corrected chi connectivity index (χ1v) is 8.93. The van der Waals surface area contributed by atoms with E-state index in [1.54, 1.807) is 30.3 Å². The Bertz CT molecular complexity index is 958. The van der Waals surface area contributed by atoms with E-state index in [4.69, 9.17) is 14.0 Å². The second-order valence-electron chi connectivity index (χ2n) is 6.31. The lowest BCUT2D eigenvalue weighted by molar-refractivity contribution is -0.134. The molecular weight excluding hydrogens is 360 g/mol. The summed E-state index contributed by atoms with van der Waals surface area (Å²) in [6, 6.07) is 12.9. The maximum absolute atomic E-state index is 12.5. The van der Waals surface area contributed by atoms with Crippen LogP contribution in [0, 0.1) is 0 Å². The average molecular weight is 380 g/mol. The lowest BCUT2D eigenvalue weighted by Gasteiger charge is -2.26. The summed E-state index contributed by atoms with van der Waals surface area (Å²) in [4.78, 5) is 18.3. The molecule has 28 heavy (non-hydrogen) atoms. The monoisotopic (exact) mass is 380 g/mol. The van der Waals surface area contributed by atoms with Crippen molar-refractivity contribution >= 4 is 17.4 Å². The van der Waals surface area contributed by atoms with Gasteiger partial charge >= 0.3 is 0 Å². The summed E-state index contributed by atoms with van der Waals surface area (Å²) in [5.74, 6) is 2.46. The zero-order chi connectivity index (χ0) is 19.3. The van der Waals surface area contributed by atoms with E-state index in [2.05, 4.69) is 15.5 Å². The smallest absolute Gasteiger partial charge is 0.260 e. The molecule has 3 aromatic rings. The summed E-state index contributed by atoms with van der Waals surface area (Å²) in [6.45, 7) is 0.914. The van der Waals surface area contributed by atoms with Crippen LogP contribution in [0.1, 0.15) is 11.3 Å². The van der Waals surface area contributed by atoms with E-state index in [9.17, 15) is 4.79 Å². The number of hydrogen-bond donors (Lipinski definition) is 1. The molecule has 1 N–H and O–H groups in total. The van der Waals surface area contributed by atoms with Crippen LogP contribution < -0.4 is 14.8 Å². The van der Waals surface area contributed by atoms with Crippen molar-refractivity contribution in [2.45, 2.75) is 13.0 Å². The molecule has 3 heterocycles. The molecule has 1 aliphatic heterocycles. The quantitative estimate of drug-likeness (QED) is 0.703. The predicted octanol–water partition coefficient (Wildman–Crippen LogP) is 2.79. The van der Waals surface area contributed by atoms with E-state index >= 15 is 0 Å². The van der Waals surface area contributed by atoms with E-state index in [0.717, 1.165) is 22.8 Å². The van der Waals surface area contributed by atoms with Crippen LogP contribution in [0.5, 0.6) is 11.6 Å². The lowest BCUT2D eigenvalue weighted by atomic mass is 10.1. The molecule has 8 nitrogen and oxygen atoms in total. The summed E-state index contributed by atoms with van der Waals surface area (Å²) in [7, 11) is 1.62. The van der Waals surface area contributed by atoms with Crippen molar-refractivity contribution in [2.24, 2.45) is 0 Å². The third-order valence-electron chi connectivity index (χ3n) is 4.49. The van der Waals surface area contributed by atoms with E-state index in [1.807, 2.05) is 30.3 Å². The Morgan fingerprint density at radius 1 is 1.29 bits per heavy atom. The molecule has 0 radical (unpaired) electrons. The molecule has 0 bridgehead atoms. The number of ether oxygens (including phenoxy) is 2. The molecule has 0 fully saturated rings. The van der Waals surface area contributed by atoms with Crippen molar-refractivity contribution in [1.82, 2.24) is 15.0 Å². The summed E-state index contributed by atoms with van der Waals surface area (Å²) in [5.41, 5.74) is 1.71. The van der Waals surface area contributed by atoms with Gasteiger partial charge in [-0.3, -0.25) is 4.79 Å². The Hall–Kier alpha value is -3.55. The number of aromatic nitrogens is 2. The number of pyridine rings is 1. The topological polar surface area (TPSA) is 89.7 Å². The number of fused-ring (bicyclic) bond motifs is 1. The van der Waals surface area contributed by atoms with Crippen LogP contribution in [0.25, 0.3) is 0 Å². The highest BCUT2D eigenvalue weighted by atomic mass is 16.5. The fourth-order valence-corrected chi connectivity index (χ4v) is 3.02. The minimum atomic E-state index is -0.107. The van der Waals surface area contributed by atoms with Crippen LogP contribution in [-0.2, 0) is 17.8 Å². The number of carbonyl (C=O) groups is 1. The van der Waals surface area contributed by atoms with E-state index in [1.165, 1.54) is 0 Å². The van der Waals surface area contributed by atoms with Gasteiger partial charge in [-0.1, -0.05) is 17.3 Å². The molecule has 0 aliphatic carbocycles. The Morgan fingerprint density at radius 3 is 3.04 bits per heavy atom. The zero-order valence-electron chi connectivity index (χ0n) is 15.4. The Morgan fingerprint density at radius 2 is 2.21 bits per heavy atom. The molecule has 2 aromatic heterocycles. The van der Waals surface area contributed by atoms with Crippen LogP contribution in [0.2, 0.25) is 0 Å². The number of hydrogen-bond acceptors (Lipinski definition) is 7. The van der Waals surface area contributed by atoms with Gasteiger partial charge in [0.05, 0.1) is 19.2 Å². The number of anilines is 2. The Balaban J connectivity index is 1.43. The van der Waals surface area contributed by atoms with Crippen molar-refractivity contribution < 1.29 is 18.8 Å². The molecule has 0 saturated heterocycles. The minimum absolute atomic E-state index is 0.0593. The number of benzene rings is 1. The van der Waals surface area contributed by atoms with Crippen molar-refractivity contribution in [2.75, 3.05) is 25.6 Å². The van der Waals surface area contributed by atoms with Crippen LogP contribution in [-0.4, -0.2) is 41.2 Å².